The Morgan fingerprint density at radius 2 is 2.05 bits per heavy atom. The number of halogens is 3. The summed E-state index contributed by atoms with van der Waals surface area (Å²) in [5, 5.41) is 14.6. The minimum atomic E-state index is -0.731. The molecule has 0 radical (unpaired) electrons. The van der Waals surface area contributed by atoms with Crippen molar-refractivity contribution in [2.75, 3.05) is 11.9 Å². The third kappa shape index (κ3) is 3.67. The molecule has 1 aromatic carbocycles. The van der Waals surface area contributed by atoms with Crippen LogP contribution < -0.4 is 10.6 Å². The monoisotopic (exact) mass is 348 g/mol. The maximum atomic E-state index is 13.5. The molecule has 0 aromatic heterocycles. The van der Waals surface area contributed by atoms with E-state index >= 15 is 0 Å². The van der Waals surface area contributed by atoms with E-state index in [1.165, 1.54) is 0 Å². The first-order valence-corrected chi connectivity index (χ1v) is 7.11. The first-order valence-electron chi connectivity index (χ1n) is 6.31. The smallest absolute Gasteiger partial charge is 0.319 e. The van der Waals surface area contributed by atoms with Crippen molar-refractivity contribution in [3.63, 3.8) is 0 Å². The second kappa shape index (κ2) is 6.05. The van der Waals surface area contributed by atoms with E-state index in [1.807, 2.05) is 0 Å². The van der Waals surface area contributed by atoms with E-state index in [9.17, 15) is 18.7 Å². The number of hydrogen-bond donors (Lipinski definition) is 3. The average molecular weight is 349 g/mol. The number of urea groups is 1. The van der Waals surface area contributed by atoms with Gasteiger partial charge in [0.05, 0.1) is 15.8 Å². The molecule has 0 aliphatic heterocycles. The van der Waals surface area contributed by atoms with Crippen molar-refractivity contribution >= 4 is 27.6 Å². The van der Waals surface area contributed by atoms with Crippen molar-refractivity contribution in [1.82, 2.24) is 5.32 Å². The summed E-state index contributed by atoms with van der Waals surface area (Å²) in [6.07, 6.45) is 2.93. The Balaban J connectivity index is 1.83. The lowest BCUT2D eigenvalue weighted by Gasteiger charge is -2.36. The predicted molar refractivity (Wildman–Crippen MR) is 74.5 cm³/mol. The highest BCUT2D eigenvalue weighted by molar-refractivity contribution is 9.10. The lowest BCUT2D eigenvalue weighted by molar-refractivity contribution is -0.0388. The van der Waals surface area contributed by atoms with Gasteiger partial charge in [0.2, 0.25) is 0 Å². The molecule has 20 heavy (non-hydrogen) atoms. The SMILES string of the molecule is O=C(NCCC1(O)CCC1)Nc1cc(F)c(Br)cc1F. The number of hydrogen-bond acceptors (Lipinski definition) is 2. The molecule has 2 amide bonds. The lowest BCUT2D eigenvalue weighted by Crippen LogP contribution is -2.41. The summed E-state index contributed by atoms with van der Waals surface area (Å²) in [6, 6.07) is 1.22. The highest BCUT2D eigenvalue weighted by Crippen LogP contribution is 2.34. The third-order valence-corrected chi connectivity index (χ3v) is 4.03. The summed E-state index contributed by atoms with van der Waals surface area (Å²) in [4.78, 5) is 11.5. The van der Waals surface area contributed by atoms with Crippen LogP contribution >= 0.6 is 15.9 Å². The van der Waals surface area contributed by atoms with Gasteiger partial charge in [-0.1, -0.05) is 0 Å². The number of amides is 2. The van der Waals surface area contributed by atoms with E-state index in [4.69, 9.17) is 0 Å². The van der Waals surface area contributed by atoms with Crippen LogP contribution in [0.4, 0.5) is 19.3 Å². The fraction of sp³-hybridized carbons (Fsp3) is 0.462. The quantitative estimate of drug-likeness (QED) is 0.732. The molecule has 3 N–H and O–H groups in total. The molecule has 7 heteroatoms. The van der Waals surface area contributed by atoms with E-state index in [1.54, 1.807) is 0 Å². The van der Waals surface area contributed by atoms with E-state index < -0.39 is 23.3 Å². The van der Waals surface area contributed by atoms with Gasteiger partial charge < -0.3 is 15.7 Å². The average Bonchev–Trinajstić information content (AvgIpc) is 2.34. The lowest BCUT2D eigenvalue weighted by atomic mass is 9.78. The second-order valence-electron chi connectivity index (χ2n) is 4.95. The highest BCUT2D eigenvalue weighted by Gasteiger charge is 2.33. The molecule has 0 atom stereocenters. The van der Waals surface area contributed by atoms with Crippen molar-refractivity contribution in [1.29, 1.82) is 0 Å². The summed E-state index contributed by atoms with van der Waals surface area (Å²) in [5.41, 5.74) is -0.909. The standard InChI is InChI=1S/C13H15BrF2N2O2/c14-8-6-10(16)11(7-9(8)15)18-12(19)17-5-4-13(20)2-1-3-13/h6-7,20H,1-5H2,(H2,17,18,19). The first kappa shape index (κ1) is 15.2. The predicted octanol–water partition coefficient (Wildman–Crippen LogP) is 3.15. The van der Waals surface area contributed by atoms with Gasteiger partial charge in [-0.05, 0) is 47.7 Å². The molecular weight excluding hydrogens is 334 g/mol. The van der Waals surface area contributed by atoms with Crippen molar-refractivity contribution in [3.8, 4) is 0 Å². The van der Waals surface area contributed by atoms with Gasteiger partial charge in [0.15, 0.2) is 0 Å². The van der Waals surface area contributed by atoms with Crippen molar-refractivity contribution in [2.24, 2.45) is 0 Å². The summed E-state index contributed by atoms with van der Waals surface area (Å²) >= 11 is 2.85. The molecule has 0 spiro atoms. The number of carbonyl (C=O) groups excluding carboxylic acids is 1. The molecular formula is C13H15BrF2N2O2. The van der Waals surface area contributed by atoms with Crippen LogP contribution in [0.5, 0.6) is 0 Å². The summed E-state index contributed by atoms with van der Waals surface area (Å²) in [7, 11) is 0. The van der Waals surface area contributed by atoms with Crippen molar-refractivity contribution in [2.45, 2.75) is 31.3 Å². The number of aliphatic hydroxyl groups is 1. The van der Waals surface area contributed by atoms with Crippen molar-refractivity contribution in [3.05, 3.63) is 28.2 Å². The molecule has 1 saturated carbocycles. The van der Waals surface area contributed by atoms with Crippen LogP contribution in [0.2, 0.25) is 0 Å². The molecule has 1 aliphatic rings. The molecule has 1 aromatic rings. The topological polar surface area (TPSA) is 61.4 Å². The number of carbonyl (C=O) groups is 1. The van der Waals surface area contributed by atoms with Crippen LogP contribution in [-0.2, 0) is 0 Å². The number of rotatable bonds is 4. The molecule has 4 nitrogen and oxygen atoms in total. The van der Waals surface area contributed by atoms with Gasteiger partial charge >= 0.3 is 6.03 Å². The van der Waals surface area contributed by atoms with Crippen LogP contribution in [0.25, 0.3) is 0 Å². The van der Waals surface area contributed by atoms with Crippen LogP contribution in [0.15, 0.2) is 16.6 Å². The van der Waals surface area contributed by atoms with E-state index in [0.29, 0.717) is 6.42 Å². The highest BCUT2D eigenvalue weighted by atomic mass is 79.9. The zero-order chi connectivity index (χ0) is 14.8. The Labute approximate surface area is 123 Å². The minimum Gasteiger partial charge on any atom is -0.390 e. The maximum Gasteiger partial charge on any atom is 0.319 e. The molecule has 1 fully saturated rings. The number of nitrogens with one attached hydrogen (secondary N) is 2. The maximum absolute atomic E-state index is 13.5. The van der Waals surface area contributed by atoms with E-state index in [2.05, 4.69) is 26.6 Å². The van der Waals surface area contributed by atoms with Crippen LogP contribution in [-0.4, -0.2) is 23.3 Å². The molecule has 0 heterocycles. The van der Waals surface area contributed by atoms with E-state index in [-0.39, 0.29) is 16.7 Å². The minimum absolute atomic E-state index is 0.00633. The normalized spacial score (nSPS) is 16.4. The Kier molecular flexibility index (Phi) is 4.59. The third-order valence-electron chi connectivity index (χ3n) is 3.42. The summed E-state index contributed by atoms with van der Waals surface area (Å²) < 4.78 is 26.7. The van der Waals surface area contributed by atoms with Gasteiger partial charge in [-0.3, -0.25) is 0 Å². The first-order chi connectivity index (χ1) is 9.39. The number of benzene rings is 1. The van der Waals surface area contributed by atoms with Crippen LogP contribution in [0.1, 0.15) is 25.7 Å². The molecule has 1 aliphatic carbocycles. The van der Waals surface area contributed by atoms with Crippen molar-refractivity contribution < 1.29 is 18.7 Å². The number of anilines is 1. The molecule has 0 saturated heterocycles. The Bertz CT molecular complexity index is 521. The van der Waals surface area contributed by atoms with E-state index in [0.717, 1.165) is 31.4 Å². The molecule has 110 valence electrons. The second-order valence-corrected chi connectivity index (χ2v) is 5.81. The Morgan fingerprint density at radius 1 is 1.35 bits per heavy atom. The van der Waals surface area contributed by atoms with Gasteiger partial charge in [0.25, 0.3) is 0 Å². The van der Waals surface area contributed by atoms with Gasteiger partial charge in [-0.15, -0.1) is 0 Å². The zero-order valence-corrected chi connectivity index (χ0v) is 12.3. The van der Waals surface area contributed by atoms with Gasteiger partial charge in [0.1, 0.15) is 11.6 Å². The molecule has 0 bridgehead atoms. The molecule has 2 rings (SSSR count). The fourth-order valence-corrected chi connectivity index (χ4v) is 2.34. The van der Waals surface area contributed by atoms with Gasteiger partial charge in [-0.25, -0.2) is 13.6 Å². The van der Waals surface area contributed by atoms with Crippen LogP contribution in [0, 0.1) is 11.6 Å². The van der Waals surface area contributed by atoms with Crippen LogP contribution in [0.3, 0.4) is 0 Å². The van der Waals surface area contributed by atoms with Gasteiger partial charge in [0, 0.05) is 12.6 Å². The fourth-order valence-electron chi connectivity index (χ4n) is 2.03. The zero-order valence-electron chi connectivity index (χ0n) is 10.7. The summed E-state index contributed by atoms with van der Waals surface area (Å²) in [5.74, 6) is -1.39. The Morgan fingerprint density at radius 3 is 2.65 bits per heavy atom. The largest absolute Gasteiger partial charge is 0.390 e. The summed E-state index contributed by atoms with van der Waals surface area (Å²) in [6.45, 7) is 0.281. The van der Waals surface area contributed by atoms with Gasteiger partial charge in [-0.2, -0.15) is 0 Å². The molecule has 0 unspecified atom stereocenters. The Hall–Kier alpha value is -1.21.